The number of carbonyl (C=O) groups excluding carboxylic acids is 1. The number of halogens is 1. The smallest absolute Gasteiger partial charge is 0.223 e. The molecule has 0 saturated carbocycles. The third kappa shape index (κ3) is 8.92. The van der Waals surface area contributed by atoms with E-state index in [2.05, 4.69) is 44.8 Å². The number of nitrogens with zero attached hydrogens (tertiary/aromatic N) is 3. The first-order chi connectivity index (χ1) is 12.6. The van der Waals surface area contributed by atoms with E-state index in [-0.39, 0.29) is 29.9 Å². The van der Waals surface area contributed by atoms with Crippen LogP contribution in [0.3, 0.4) is 0 Å². The Bertz CT molecular complexity index is 583. The van der Waals surface area contributed by atoms with E-state index >= 15 is 0 Å². The molecule has 1 aromatic carbocycles. The Hall–Kier alpha value is -1.35. The van der Waals surface area contributed by atoms with Crippen molar-refractivity contribution >= 4 is 35.8 Å². The Morgan fingerprint density at radius 2 is 1.74 bits per heavy atom. The summed E-state index contributed by atoms with van der Waals surface area (Å²) in [6, 6.07) is 8.74. The van der Waals surface area contributed by atoms with Crippen LogP contribution in [0.4, 0.5) is 0 Å². The van der Waals surface area contributed by atoms with E-state index in [0.29, 0.717) is 19.5 Å². The molecule has 0 spiro atoms. The number of aliphatic imine (C=N–C) groups is 1. The molecule has 1 aliphatic heterocycles. The van der Waals surface area contributed by atoms with Crippen molar-refractivity contribution < 1.29 is 4.79 Å². The minimum atomic E-state index is 0. The van der Waals surface area contributed by atoms with Crippen molar-refractivity contribution in [2.24, 2.45) is 4.99 Å². The van der Waals surface area contributed by atoms with Crippen molar-refractivity contribution in [1.82, 2.24) is 20.4 Å². The van der Waals surface area contributed by atoms with Gasteiger partial charge >= 0.3 is 0 Å². The fourth-order valence-corrected chi connectivity index (χ4v) is 2.97. The van der Waals surface area contributed by atoms with Crippen LogP contribution in [0.5, 0.6) is 0 Å². The number of guanidine groups is 1. The molecule has 1 saturated heterocycles. The summed E-state index contributed by atoms with van der Waals surface area (Å²) < 4.78 is 0. The van der Waals surface area contributed by atoms with E-state index < -0.39 is 0 Å². The van der Waals surface area contributed by atoms with E-state index in [1.54, 1.807) is 19.0 Å². The normalized spacial score (nSPS) is 14.6. The van der Waals surface area contributed by atoms with E-state index in [9.17, 15) is 4.79 Å². The van der Waals surface area contributed by atoms with Crippen molar-refractivity contribution in [1.29, 1.82) is 0 Å². The quantitative estimate of drug-likeness (QED) is 0.336. The minimum absolute atomic E-state index is 0. The van der Waals surface area contributed by atoms with Crippen LogP contribution in [-0.2, 0) is 17.9 Å². The van der Waals surface area contributed by atoms with Crippen LogP contribution in [0.1, 0.15) is 37.3 Å². The molecule has 0 bridgehead atoms. The highest BCUT2D eigenvalue weighted by Crippen LogP contribution is 2.13. The lowest BCUT2D eigenvalue weighted by Gasteiger charge is -2.15. The zero-order valence-corrected chi connectivity index (χ0v) is 19.2. The van der Waals surface area contributed by atoms with Crippen molar-refractivity contribution in [2.75, 3.05) is 40.3 Å². The molecule has 2 rings (SSSR count). The topological polar surface area (TPSA) is 60.0 Å². The molecule has 0 aromatic heterocycles. The summed E-state index contributed by atoms with van der Waals surface area (Å²) in [5.41, 5.74) is 2.56. The van der Waals surface area contributed by atoms with Gasteiger partial charge in [-0.15, -0.1) is 24.0 Å². The predicted molar refractivity (Wildman–Crippen MR) is 122 cm³/mol. The van der Waals surface area contributed by atoms with Crippen molar-refractivity contribution in [3.63, 3.8) is 0 Å². The largest absolute Gasteiger partial charge is 0.357 e. The lowest BCUT2D eigenvalue weighted by atomic mass is 10.1. The number of likely N-dealkylation sites (tertiary alicyclic amines) is 1. The molecule has 0 unspecified atom stereocenters. The van der Waals surface area contributed by atoms with Crippen LogP contribution >= 0.6 is 24.0 Å². The molecule has 7 heteroatoms. The molecule has 1 aromatic rings. The summed E-state index contributed by atoms with van der Waals surface area (Å²) in [6.07, 6.45) is 3.11. The van der Waals surface area contributed by atoms with Gasteiger partial charge in [0.2, 0.25) is 5.91 Å². The first-order valence-electron chi connectivity index (χ1n) is 9.61. The van der Waals surface area contributed by atoms with Gasteiger partial charge < -0.3 is 15.5 Å². The van der Waals surface area contributed by atoms with E-state index in [0.717, 1.165) is 19.0 Å². The van der Waals surface area contributed by atoms with Gasteiger partial charge in [-0.2, -0.15) is 0 Å². The van der Waals surface area contributed by atoms with Gasteiger partial charge in [-0.05, 0) is 44.0 Å². The second-order valence-corrected chi connectivity index (χ2v) is 6.96. The van der Waals surface area contributed by atoms with Crippen molar-refractivity contribution in [3.05, 3.63) is 35.4 Å². The second kappa shape index (κ2) is 12.9. The van der Waals surface area contributed by atoms with Crippen molar-refractivity contribution in [2.45, 2.75) is 39.3 Å². The van der Waals surface area contributed by atoms with Gasteiger partial charge in [-0.25, -0.2) is 4.99 Å². The van der Waals surface area contributed by atoms with Gasteiger partial charge in [0.25, 0.3) is 0 Å². The molecular weight excluding hydrogens is 453 g/mol. The van der Waals surface area contributed by atoms with Crippen LogP contribution < -0.4 is 10.6 Å². The summed E-state index contributed by atoms with van der Waals surface area (Å²) in [4.78, 5) is 20.4. The third-order valence-electron chi connectivity index (χ3n) is 4.52. The first kappa shape index (κ1) is 23.7. The molecule has 1 heterocycles. The molecule has 6 nitrogen and oxygen atoms in total. The molecule has 1 fully saturated rings. The van der Waals surface area contributed by atoms with E-state index in [1.807, 2.05) is 6.92 Å². The van der Waals surface area contributed by atoms with Crippen LogP contribution in [0.15, 0.2) is 29.3 Å². The highest BCUT2D eigenvalue weighted by Gasteiger charge is 2.11. The molecule has 0 radical (unpaired) electrons. The molecule has 27 heavy (non-hydrogen) atoms. The predicted octanol–water partition coefficient (Wildman–Crippen LogP) is 2.43. The molecular formula is C20H34IN5O. The van der Waals surface area contributed by atoms with E-state index in [4.69, 9.17) is 0 Å². The van der Waals surface area contributed by atoms with Gasteiger partial charge in [0.05, 0.1) is 6.54 Å². The van der Waals surface area contributed by atoms with Crippen LogP contribution in [0.25, 0.3) is 0 Å². The van der Waals surface area contributed by atoms with Crippen LogP contribution in [-0.4, -0.2) is 61.9 Å². The van der Waals surface area contributed by atoms with Gasteiger partial charge in [0.1, 0.15) is 0 Å². The molecule has 0 aliphatic carbocycles. The summed E-state index contributed by atoms with van der Waals surface area (Å²) in [5, 5.41) is 6.44. The zero-order valence-electron chi connectivity index (χ0n) is 16.8. The van der Waals surface area contributed by atoms with Crippen molar-refractivity contribution in [3.8, 4) is 0 Å². The van der Waals surface area contributed by atoms with Gasteiger partial charge in [0.15, 0.2) is 5.96 Å². The summed E-state index contributed by atoms with van der Waals surface area (Å²) in [7, 11) is 3.55. The highest BCUT2D eigenvalue weighted by molar-refractivity contribution is 14.0. The van der Waals surface area contributed by atoms with Gasteiger partial charge in [-0.3, -0.25) is 9.69 Å². The molecule has 0 atom stereocenters. The SMILES string of the molecule is CCNC(=NCc1ccc(CN2CCCC2)cc1)NCCC(=O)N(C)C.I. The fourth-order valence-electron chi connectivity index (χ4n) is 2.97. The number of carbonyl (C=O) groups is 1. The first-order valence-corrected chi connectivity index (χ1v) is 9.61. The number of benzene rings is 1. The number of hydrogen-bond acceptors (Lipinski definition) is 3. The lowest BCUT2D eigenvalue weighted by molar-refractivity contribution is -0.128. The molecule has 152 valence electrons. The maximum atomic E-state index is 11.6. The summed E-state index contributed by atoms with van der Waals surface area (Å²) in [5.74, 6) is 0.863. The Labute approximate surface area is 180 Å². The molecule has 1 amide bonds. The Kier molecular flexibility index (Phi) is 11.3. The number of hydrogen-bond donors (Lipinski definition) is 2. The third-order valence-corrected chi connectivity index (χ3v) is 4.52. The van der Waals surface area contributed by atoms with Crippen LogP contribution in [0.2, 0.25) is 0 Å². The van der Waals surface area contributed by atoms with Gasteiger partial charge in [0, 0.05) is 40.2 Å². The second-order valence-electron chi connectivity index (χ2n) is 6.96. The molecule has 1 aliphatic rings. The maximum Gasteiger partial charge on any atom is 0.223 e. The number of rotatable bonds is 8. The summed E-state index contributed by atoms with van der Waals surface area (Å²) in [6.45, 7) is 7.53. The summed E-state index contributed by atoms with van der Waals surface area (Å²) >= 11 is 0. The fraction of sp³-hybridized carbons (Fsp3) is 0.600. The average molecular weight is 487 g/mol. The number of amides is 1. The monoisotopic (exact) mass is 487 g/mol. The standard InChI is InChI=1S/C20H33N5O.HI/c1-4-21-20(22-12-11-19(26)24(2)3)23-15-17-7-9-18(10-8-17)16-25-13-5-6-14-25;/h7-10H,4-6,11-16H2,1-3H3,(H2,21,22,23);1H. The van der Waals surface area contributed by atoms with Gasteiger partial charge in [-0.1, -0.05) is 24.3 Å². The highest BCUT2D eigenvalue weighted by atomic mass is 127. The van der Waals surface area contributed by atoms with Crippen LogP contribution in [0, 0.1) is 0 Å². The maximum absolute atomic E-state index is 11.6. The number of nitrogens with one attached hydrogen (secondary N) is 2. The average Bonchev–Trinajstić information content (AvgIpc) is 3.13. The minimum Gasteiger partial charge on any atom is -0.357 e. The Morgan fingerprint density at radius 3 is 2.33 bits per heavy atom. The molecule has 2 N–H and O–H groups in total. The Balaban J connectivity index is 0.00000364. The Morgan fingerprint density at radius 1 is 1.11 bits per heavy atom. The zero-order chi connectivity index (χ0) is 18.8. The van der Waals surface area contributed by atoms with E-state index in [1.165, 1.54) is 37.1 Å². The lowest BCUT2D eigenvalue weighted by Crippen LogP contribution is -2.39.